The molecule has 0 unspecified atom stereocenters. The Morgan fingerprint density at radius 2 is 2.12 bits per heavy atom. The van der Waals surface area contributed by atoms with E-state index < -0.39 is 0 Å². The quantitative estimate of drug-likeness (QED) is 0.579. The number of imidazole rings is 1. The molecule has 0 fully saturated rings. The second-order valence-electron chi connectivity index (χ2n) is 3.35. The summed E-state index contributed by atoms with van der Waals surface area (Å²) in [7, 11) is 0. The predicted octanol–water partition coefficient (Wildman–Crippen LogP) is 3.28. The average Bonchev–Trinajstić information content (AvgIpc) is 2.62. The molecule has 2 rings (SSSR count). The lowest BCUT2D eigenvalue weighted by Gasteiger charge is -1.95. The van der Waals surface area contributed by atoms with Gasteiger partial charge in [0.1, 0.15) is 0 Å². The maximum Gasteiger partial charge on any atom is 0.327 e. The van der Waals surface area contributed by atoms with E-state index in [2.05, 4.69) is 47.4 Å². The Kier molecular flexibility index (Phi) is 3.15. The van der Waals surface area contributed by atoms with Gasteiger partial charge < -0.3 is 0 Å². The Hall–Kier alpha value is -1.48. The van der Waals surface area contributed by atoms with Crippen LogP contribution in [-0.4, -0.2) is 4.57 Å². The van der Waals surface area contributed by atoms with Crippen LogP contribution in [0.25, 0.3) is 17.2 Å². The third kappa shape index (κ3) is 1.57. The Bertz CT molecular complexity index is 540. The Morgan fingerprint density at radius 1 is 1.38 bits per heavy atom. The standard InChI is InChI=1S/C13H15N2S/c1-4-14-11-9-7-8-10-12(11)15(5-2)13(14)16-6-3/h4,6-10H,1,3,5H2,2H3/q+1. The van der Waals surface area contributed by atoms with Gasteiger partial charge in [-0.15, -0.1) is 0 Å². The van der Waals surface area contributed by atoms with Crippen molar-refractivity contribution in [2.24, 2.45) is 0 Å². The van der Waals surface area contributed by atoms with E-state index >= 15 is 0 Å². The fourth-order valence-electron chi connectivity index (χ4n) is 1.91. The van der Waals surface area contributed by atoms with E-state index in [1.165, 1.54) is 11.0 Å². The van der Waals surface area contributed by atoms with Crippen molar-refractivity contribution in [2.45, 2.75) is 18.6 Å². The fourth-order valence-corrected chi connectivity index (χ4v) is 2.70. The number of fused-ring (bicyclic) bond motifs is 1. The maximum absolute atomic E-state index is 3.87. The number of aromatic nitrogens is 2. The van der Waals surface area contributed by atoms with Gasteiger partial charge in [-0.1, -0.05) is 25.3 Å². The highest BCUT2D eigenvalue weighted by Gasteiger charge is 2.21. The molecule has 2 nitrogen and oxygen atoms in total. The van der Waals surface area contributed by atoms with Crippen molar-refractivity contribution >= 4 is 29.0 Å². The molecule has 0 bridgehead atoms. The van der Waals surface area contributed by atoms with Crippen LogP contribution in [0.5, 0.6) is 0 Å². The normalized spacial score (nSPS) is 10.6. The highest BCUT2D eigenvalue weighted by atomic mass is 32.2. The zero-order valence-electron chi connectivity index (χ0n) is 9.39. The SMILES string of the molecule is C=CSc1n(C=C)c2ccccc2[n+]1CC. The van der Waals surface area contributed by atoms with E-state index in [1.807, 2.05) is 17.7 Å². The molecule has 0 atom stereocenters. The van der Waals surface area contributed by atoms with Gasteiger partial charge in [0.15, 0.2) is 11.0 Å². The fraction of sp³-hybridized carbons (Fsp3) is 0.154. The summed E-state index contributed by atoms with van der Waals surface area (Å²) in [5.74, 6) is 0. The van der Waals surface area contributed by atoms with Gasteiger partial charge in [0, 0.05) is 0 Å². The van der Waals surface area contributed by atoms with Crippen molar-refractivity contribution in [3.8, 4) is 0 Å². The van der Waals surface area contributed by atoms with Crippen LogP contribution in [0.3, 0.4) is 0 Å². The van der Waals surface area contributed by atoms with Gasteiger partial charge in [-0.05, 0) is 36.2 Å². The van der Waals surface area contributed by atoms with Crippen molar-refractivity contribution in [3.63, 3.8) is 0 Å². The summed E-state index contributed by atoms with van der Waals surface area (Å²) >= 11 is 1.62. The first-order chi connectivity index (χ1) is 7.83. The van der Waals surface area contributed by atoms with Crippen molar-refractivity contribution < 1.29 is 4.57 Å². The maximum atomic E-state index is 3.87. The average molecular weight is 231 g/mol. The zero-order chi connectivity index (χ0) is 11.5. The molecular weight excluding hydrogens is 216 g/mol. The highest BCUT2D eigenvalue weighted by molar-refractivity contribution is 8.01. The number of nitrogens with zero attached hydrogens (tertiary/aromatic N) is 2. The van der Waals surface area contributed by atoms with Crippen molar-refractivity contribution in [1.29, 1.82) is 0 Å². The van der Waals surface area contributed by atoms with E-state index in [1.54, 1.807) is 11.8 Å². The van der Waals surface area contributed by atoms with Gasteiger partial charge in [0.05, 0.1) is 12.7 Å². The number of benzene rings is 1. The van der Waals surface area contributed by atoms with Crippen LogP contribution in [-0.2, 0) is 6.54 Å². The second kappa shape index (κ2) is 4.58. The van der Waals surface area contributed by atoms with Gasteiger partial charge in [-0.3, -0.25) is 0 Å². The summed E-state index contributed by atoms with van der Waals surface area (Å²) in [6, 6.07) is 8.34. The number of rotatable bonds is 4. The van der Waals surface area contributed by atoms with E-state index in [0.29, 0.717) is 0 Å². The number of aryl methyl sites for hydroxylation is 1. The number of hydrogen-bond acceptors (Lipinski definition) is 1. The lowest BCUT2D eigenvalue weighted by Crippen LogP contribution is -2.33. The van der Waals surface area contributed by atoms with Crippen LogP contribution in [0, 0.1) is 0 Å². The first-order valence-electron chi connectivity index (χ1n) is 5.26. The summed E-state index contributed by atoms with van der Waals surface area (Å²) in [5, 5.41) is 2.99. The van der Waals surface area contributed by atoms with Gasteiger partial charge >= 0.3 is 5.16 Å². The molecule has 1 aromatic carbocycles. The number of para-hydroxylation sites is 2. The monoisotopic (exact) mass is 231 g/mol. The summed E-state index contributed by atoms with van der Waals surface area (Å²) < 4.78 is 4.37. The molecule has 0 aliphatic carbocycles. The molecule has 0 N–H and O–H groups in total. The second-order valence-corrected chi connectivity index (χ2v) is 4.29. The van der Waals surface area contributed by atoms with Crippen molar-refractivity contribution in [2.75, 3.05) is 0 Å². The minimum Gasteiger partial charge on any atom is -0.217 e. The third-order valence-electron chi connectivity index (χ3n) is 2.56. The number of thioether (sulfide) groups is 1. The van der Waals surface area contributed by atoms with Crippen LogP contribution in [0.1, 0.15) is 6.92 Å². The van der Waals surface area contributed by atoms with Crippen molar-refractivity contribution in [1.82, 2.24) is 4.57 Å². The van der Waals surface area contributed by atoms with Crippen LogP contribution in [0.2, 0.25) is 0 Å². The van der Waals surface area contributed by atoms with Crippen LogP contribution >= 0.6 is 11.8 Å². The minimum atomic E-state index is 0.942. The Balaban J connectivity index is 2.83. The van der Waals surface area contributed by atoms with Gasteiger partial charge in [0.2, 0.25) is 0 Å². The van der Waals surface area contributed by atoms with Gasteiger partial charge in [-0.2, -0.15) is 4.57 Å². The number of hydrogen-bond donors (Lipinski definition) is 0. The first-order valence-corrected chi connectivity index (χ1v) is 6.14. The molecule has 0 spiro atoms. The molecule has 0 saturated heterocycles. The molecule has 16 heavy (non-hydrogen) atoms. The minimum absolute atomic E-state index is 0.942. The molecule has 0 radical (unpaired) electrons. The lowest BCUT2D eigenvalue weighted by molar-refractivity contribution is -0.706. The molecule has 1 aromatic heterocycles. The zero-order valence-corrected chi connectivity index (χ0v) is 10.2. The summed E-state index contributed by atoms with van der Waals surface area (Å²) in [6.45, 7) is 10.7. The summed E-state index contributed by atoms with van der Waals surface area (Å²) in [4.78, 5) is 0. The van der Waals surface area contributed by atoms with Crippen LogP contribution < -0.4 is 4.57 Å². The van der Waals surface area contributed by atoms with Gasteiger partial charge in [-0.25, -0.2) is 4.57 Å². The van der Waals surface area contributed by atoms with E-state index in [-0.39, 0.29) is 0 Å². The largest absolute Gasteiger partial charge is 0.327 e. The van der Waals surface area contributed by atoms with E-state index in [9.17, 15) is 0 Å². The van der Waals surface area contributed by atoms with Crippen molar-refractivity contribution in [3.05, 3.63) is 42.8 Å². The molecular formula is C13H15N2S+. The van der Waals surface area contributed by atoms with E-state index in [4.69, 9.17) is 0 Å². The molecule has 2 aromatic rings. The molecule has 0 aliphatic rings. The molecule has 0 saturated carbocycles. The molecule has 1 heterocycles. The van der Waals surface area contributed by atoms with Gasteiger partial charge in [0.25, 0.3) is 0 Å². The van der Waals surface area contributed by atoms with E-state index in [0.717, 1.165) is 11.7 Å². The predicted molar refractivity (Wildman–Crippen MR) is 70.2 cm³/mol. The summed E-state index contributed by atoms with van der Waals surface area (Å²) in [6.07, 6.45) is 1.85. The third-order valence-corrected chi connectivity index (χ3v) is 3.35. The van der Waals surface area contributed by atoms with Crippen LogP contribution in [0.4, 0.5) is 0 Å². The Labute approximate surface area is 99.9 Å². The molecule has 3 heteroatoms. The smallest absolute Gasteiger partial charge is 0.217 e. The molecule has 0 aliphatic heterocycles. The van der Waals surface area contributed by atoms with Crippen LogP contribution in [0.15, 0.2) is 48.0 Å². The first kappa shape index (κ1) is 11.0. The molecule has 82 valence electrons. The summed E-state index contributed by atoms with van der Waals surface area (Å²) in [5.41, 5.74) is 2.41. The Morgan fingerprint density at radius 3 is 2.75 bits per heavy atom. The lowest BCUT2D eigenvalue weighted by atomic mass is 10.3. The highest BCUT2D eigenvalue weighted by Crippen LogP contribution is 2.22. The topological polar surface area (TPSA) is 8.81 Å². The molecule has 0 amide bonds.